The van der Waals surface area contributed by atoms with E-state index in [1.807, 2.05) is 48.5 Å². The van der Waals surface area contributed by atoms with Crippen molar-refractivity contribution in [2.45, 2.75) is 33.2 Å². The minimum atomic E-state index is -0.421. The van der Waals surface area contributed by atoms with Crippen LogP contribution < -0.4 is 15.6 Å². The number of aryl methyl sites for hydroxylation is 1. The SMILES string of the molecule is CCOC(=O)CCC(=O)Nc1ccc2nc(C)n(Cc3ccc(-c4ccc(OC)cc4)cc3)c(=O)c2c1. The normalized spacial score (nSPS) is 10.8. The molecule has 0 unspecified atom stereocenters. The molecule has 4 aromatic rings. The molecule has 1 heterocycles. The van der Waals surface area contributed by atoms with Crippen LogP contribution in [0, 0.1) is 6.92 Å². The zero-order valence-corrected chi connectivity index (χ0v) is 21.1. The van der Waals surface area contributed by atoms with E-state index in [0.29, 0.717) is 29.0 Å². The van der Waals surface area contributed by atoms with Gasteiger partial charge in [0.15, 0.2) is 0 Å². The molecule has 1 amide bonds. The van der Waals surface area contributed by atoms with Crippen LogP contribution in [-0.2, 0) is 20.9 Å². The molecule has 0 fully saturated rings. The molecular weight excluding hydrogens is 470 g/mol. The standard InChI is InChI=1S/C29H29N3O5/c1-4-37-28(34)16-15-27(33)31-23-11-14-26-25(17-23)29(35)32(19(2)30-26)18-20-5-7-21(8-6-20)22-9-12-24(36-3)13-10-22/h5-14,17H,4,15-16,18H2,1-3H3,(H,31,33). The first-order valence-corrected chi connectivity index (χ1v) is 12.1. The van der Waals surface area contributed by atoms with Crippen molar-refractivity contribution in [1.29, 1.82) is 0 Å². The number of rotatable bonds is 9. The first-order valence-electron chi connectivity index (χ1n) is 12.1. The number of amides is 1. The van der Waals surface area contributed by atoms with Crippen molar-refractivity contribution in [1.82, 2.24) is 9.55 Å². The number of hydrogen-bond acceptors (Lipinski definition) is 6. The minimum Gasteiger partial charge on any atom is -0.497 e. The second-order valence-corrected chi connectivity index (χ2v) is 8.56. The molecule has 0 aliphatic heterocycles. The third-order valence-corrected chi connectivity index (χ3v) is 6.01. The number of carbonyl (C=O) groups is 2. The quantitative estimate of drug-likeness (QED) is 0.335. The first kappa shape index (κ1) is 25.6. The van der Waals surface area contributed by atoms with E-state index in [2.05, 4.69) is 10.3 Å². The summed E-state index contributed by atoms with van der Waals surface area (Å²) in [5.74, 6) is 0.655. The molecule has 0 aliphatic rings. The van der Waals surface area contributed by atoms with Gasteiger partial charge in [-0.2, -0.15) is 0 Å². The average Bonchev–Trinajstić information content (AvgIpc) is 2.91. The molecule has 1 aromatic heterocycles. The monoisotopic (exact) mass is 499 g/mol. The van der Waals surface area contributed by atoms with Crippen LogP contribution in [0.3, 0.4) is 0 Å². The Morgan fingerprint density at radius 3 is 2.27 bits per heavy atom. The highest BCUT2D eigenvalue weighted by Gasteiger charge is 2.12. The lowest BCUT2D eigenvalue weighted by Crippen LogP contribution is -2.24. The maximum atomic E-state index is 13.4. The summed E-state index contributed by atoms with van der Waals surface area (Å²) in [5.41, 5.74) is 3.94. The van der Waals surface area contributed by atoms with Crippen molar-refractivity contribution in [3.8, 4) is 16.9 Å². The molecule has 37 heavy (non-hydrogen) atoms. The van der Waals surface area contributed by atoms with Gasteiger partial charge in [0.1, 0.15) is 11.6 Å². The molecule has 8 nitrogen and oxygen atoms in total. The van der Waals surface area contributed by atoms with Crippen LogP contribution in [0.4, 0.5) is 5.69 Å². The summed E-state index contributed by atoms with van der Waals surface area (Å²) in [7, 11) is 1.64. The Morgan fingerprint density at radius 2 is 1.62 bits per heavy atom. The van der Waals surface area contributed by atoms with Crippen LogP contribution in [0.5, 0.6) is 5.75 Å². The summed E-state index contributed by atoms with van der Waals surface area (Å²) in [6.45, 7) is 4.16. The van der Waals surface area contributed by atoms with Crippen LogP contribution in [0.15, 0.2) is 71.5 Å². The number of fused-ring (bicyclic) bond motifs is 1. The first-order chi connectivity index (χ1) is 17.9. The van der Waals surface area contributed by atoms with Gasteiger partial charge in [-0.05, 0) is 60.9 Å². The second-order valence-electron chi connectivity index (χ2n) is 8.56. The van der Waals surface area contributed by atoms with Gasteiger partial charge in [0, 0.05) is 12.1 Å². The molecule has 0 radical (unpaired) electrons. The van der Waals surface area contributed by atoms with Gasteiger partial charge >= 0.3 is 5.97 Å². The summed E-state index contributed by atoms with van der Waals surface area (Å²) in [4.78, 5) is 41.7. The molecule has 0 saturated heterocycles. The Kier molecular flexibility index (Phi) is 7.98. The molecule has 0 aliphatic carbocycles. The number of methoxy groups -OCH3 is 1. The number of benzene rings is 3. The van der Waals surface area contributed by atoms with Crippen molar-refractivity contribution >= 4 is 28.5 Å². The van der Waals surface area contributed by atoms with Crippen molar-refractivity contribution in [3.05, 3.63) is 88.5 Å². The molecule has 4 rings (SSSR count). The van der Waals surface area contributed by atoms with E-state index in [0.717, 1.165) is 22.4 Å². The van der Waals surface area contributed by atoms with E-state index >= 15 is 0 Å². The number of ether oxygens (including phenoxy) is 2. The molecular formula is C29H29N3O5. The summed E-state index contributed by atoms with van der Waals surface area (Å²) >= 11 is 0. The maximum Gasteiger partial charge on any atom is 0.306 e. The van der Waals surface area contributed by atoms with Crippen molar-refractivity contribution in [3.63, 3.8) is 0 Å². The van der Waals surface area contributed by atoms with Gasteiger partial charge in [-0.3, -0.25) is 19.0 Å². The van der Waals surface area contributed by atoms with Gasteiger partial charge in [-0.25, -0.2) is 4.98 Å². The fourth-order valence-electron chi connectivity index (χ4n) is 4.04. The number of hydrogen-bond donors (Lipinski definition) is 1. The zero-order valence-electron chi connectivity index (χ0n) is 21.1. The van der Waals surface area contributed by atoms with Gasteiger partial charge in [0.2, 0.25) is 5.91 Å². The van der Waals surface area contributed by atoms with Gasteiger partial charge in [-0.15, -0.1) is 0 Å². The third-order valence-electron chi connectivity index (χ3n) is 6.01. The molecule has 0 spiro atoms. The van der Waals surface area contributed by atoms with E-state index in [4.69, 9.17) is 9.47 Å². The van der Waals surface area contributed by atoms with Crippen LogP contribution in [0.25, 0.3) is 22.0 Å². The molecule has 0 saturated carbocycles. The van der Waals surface area contributed by atoms with Gasteiger partial charge in [-0.1, -0.05) is 36.4 Å². The molecule has 190 valence electrons. The summed E-state index contributed by atoms with van der Waals surface area (Å²) < 4.78 is 11.7. The Labute approximate surface area is 214 Å². The Bertz CT molecular complexity index is 1470. The highest BCUT2D eigenvalue weighted by Crippen LogP contribution is 2.23. The number of nitrogens with one attached hydrogen (secondary N) is 1. The van der Waals surface area contributed by atoms with Crippen LogP contribution >= 0.6 is 0 Å². The fourth-order valence-corrected chi connectivity index (χ4v) is 4.04. The Morgan fingerprint density at radius 1 is 0.946 bits per heavy atom. The number of aromatic nitrogens is 2. The van der Waals surface area contributed by atoms with Gasteiger partial charge in [0.05, 0.1) is 37.6 Å². The minimum absolute atomic E-state index is 0.000227. The average molecular weight is 500 g/mol. The van der Waals surface area contributed by atoms with E-state index in [1.165, 1.54) is 0 Å². The highest BCUT2D eigenvalue weighted by molar-refractivity contribution is 5.94. The summed E-state index contributed by atoms with van der Waals surface area (Å²) in [6, 6.07) is 20.9. The van der Waals surface area contributed by atoms with Crippen molar-refractivity contribution < 1.29 is 19.1 Å². The number of esters is 1. The third kappa shape index (κ3) is 6.22. The molecule has 3 aromatic carbocycles. The Balaban J connectivity index is 1.52. The van der Waals surface area contributed by atoms with E-state index in [-0.39, 0.29) is 30.9 Å². The fraction of sp³-hybridized carbons (Fsp3) is 0.241. The summed E-state index contributed by atoms with van der Waals surface area (Å²) in [6.07, 6.45) is -0.00215. The molecule has 8 heteroatoms. The number of nitrogens with zero attached hydrogens (tertiary/aromatic N) is 2. The number of carbonyl (C=O) groups excluding carboxylic acids is 2. The predicted molar refractivity (Wildman–Crippen MR) is 143 cm³/mol. The van der Waals surface area contributed by atoms with Crippen LogP contribution in [0.2, 0.25) is 0 Å². The second kappa shape index (κ2) is 11.5. The predicted octanol–water partition coefficient (Wildman–Crippen LogP) is 4.71. The van der Waals surface area contributed by atoms with E-state index in [9.17, 15) is 14.4 Å². The lowest BCUT2D eigenvalue weighted by Gasteiger charge is -2.13. The zero-order chi connectivity index (χ0) is 26.4. The molecule has 0 atom stereocenters. The Hall–Kier alpha value is -4.46. The molecule has 0 bridgehead atoms. The maximum absolute atomic E-state index is 13.4. The lowest BCUT2D eigenvalue weighted by atomic mass is 10.0. The van der Waals surface area contributed by atoms with Crippen molar-refractivity contribution in [2.75, 3.05) is 19.0 Å². The largest absolute Gasteiger partial charge is 0.497 e. The summed E-state index contributed by atoms with van der Waals surface area (Å²) in [5, 5.41) is 3.15. The number of anilines is 1. The van der Waals surface area contributed by atoms with Crippen molar-refractivity contribution in [2.24, 2.45) is 0 Å². The molecule has 1 N–H and O–H groups in total. The van der Waals surface area contributed by atoms with E-state index < -0.39 is 5.97 Å². The smallest absolute Gasteiger partial charge is 0.306 e. The van der Waals surface area contributed by atoms with Gasteiger partial charge < -0.3 is 14.8 Å². The van der Waals surface area contributed by atoms with Gasteiger partial charge in [0.25, 0.3) is 5.56 Å². The van der Waals surface area contributed by atoms with Crippen LogP contribution in [-0.4, -0.2) is 35.1 Å². The topological polar surface area (TPSA) is 99.5 Å². The van der Waals surface area contributed by atoms with Crippen LogP contribution in [0.1, 0.15) is 31.2 Å². The highest BCUT2D eigenvalue weighted by atomic mass is 16.5. The van der Waals surface area contributed by atoms with E-state index in [1.54, 1.807) is 43.7 Å². The lowest BCUT2D eigenvalue weighted by molar-refractivity contribution is -0.144.